The molecule has 4 N–H and O–H groups in total. The topological polar surface area (TPSA) is 145 Å². The molecule has 1 aliphatic heterocycles. The van der Waals surface area contributed by atoms with Gasteiger partial charge in [0.1, 0.15) is 23.5 Å². The molecular weight excluding hydrogens is 497 g/mol. The number of amides is 3. The third-order valence-electron chi connectivity index (χ3n) is 7.62. The summed E-state index contributed by atoms with van der Waals surface area (Å²) in [5.41, 5.74) is -2.04. The highest BCUT2D eigenvalue weighted by atomic mass is 31.2. The van der Waals surface area contributed by atoms with Gasteiger partial charge in [0.05, 0.1) is 11.8 Å². The summed E-state index contributed by atoms with van der Waals surface area (Å²) in [6, 6.07) is -1.75. The molecule has 3 rings (SSSR count). The Morgan fingerprint density at radius 3 is 2.30 bits per heavy atom. The zero-order valence-electron chi connectivity index (χ0n) is 22.8. The van der Waals surface area contributed by atoms with E-state index < -0.39 is 53.7 Å². The van der Waals surface area contributed by atoms with E-state index in [1.807, 2.05) is 20.8 Å². The number of aliphatic hydroxyl groups is 1. The molecule has 11 heteroatoms. The minimum atomic E-state index is -4.03. The molecule has 1 unspecified atom stereocenters. The summed E-state index contributed by atoms with van der Waals surface area (Å²) in [7, 11) is -4.03. The maximum Gasteiger partial charge on any atom is 0.408 e. The Labute approximate surface area is 220 Å². The first-order valence-electron chi connectivity index (χ1n) is 13.3. The van der Waals surface area contributed by atoms with Gasteiger partial charge in [-0.05, 0) is 64.2 Å². The molecule has 0 aromatic heterocycles. The van der Waals surface area contributed by atoms with Crippen LogP contribution in [0.3, 0.4) is 0 Å². The smallest absolute Gasteiger partial charge is 0.408 e. The number of hydrogen-bond acceptors (Lipinski definition) is 6. The molecule has 2 saturated carbocycles. The average molecular weight is 542 g/mol. The van der Waals surface area contributed by atoms with E-state index in [4.69, 9.17) is 4.74 Å². The van der Waals surface area contributed by atoms with Crippen molar-refractivity contribution in [1.29, 1.82) is 0 Å². The summed E-state index contributed by atoms with van der Waals surface area (Å²) in [4.78, 5) is 52.1. The second-order valence-electron chi connectivity index (χ2n) is 12.6. The molecule has 3 amide bonds. The van der Waals surface area contributed by atoms with E-state index in [1.165, 1.54) is 18.7 Å². The van der Waals surface area contributed by atoms with Gasteiger partial charge in [0.15, 0.2) is 0 Å². The molecule has 3 fully saturated rings. The second kappa shape index (κ2) is 10.7. The van der Waals surface area contributed by atoms with Crippen molar-refractivity contribution in [3.05, 3.63) is 12.7 Å². The molecule has 2 aliphatic carbocycles. The minimum absolute atomic E-state index is 0.147. The Morgan fingerprint density at radius 1 is 1.16 bits per heavy atom. The van der Waals surface area contributed by atoms with E-state index in [0.717, 1.165) is 25.7 Å². The molecular formula is C26H44N3O7P. The number of nitrogens with zero attached hydrogens (tertiary/aromatic N) is 1. The molecule has 0 radical (unpaired) electrons. The molecule has 5 atom stereocenters. The lowest BCUT2D eigenvalue weighted by atomic mass is 9.85. The normalized spacial score (nSPS) is 28.8. The van der Waals surface area contributed by atoms with Gasteiger partial charge in [-0.25, -0.2) is 4.79 Å². The minimum Gasteiger partial charge on any atom is -0.446 e. The first-order valence-corrected chi connectivity index (χ1v) is 15.1. The van der Waals surface area contributed by atoms with Crippen LogP contribution < -0.4 is 10.6 Å². The summed E-state index contributed by atoms with van der Waals surface area (Å²) in [6.45, 7) is 12.5. The van der Waals surface area contributed by atoms with Crippen molar-refractivity contribution in [1.82, 2.24) is 15.5 Å². The van der Waals surface area contributed by atoms with Crippen molar-refractivity contribution in [3.8, 4) is 0 Å². The number of rotatable bonds is 9. The van der Waals surface area contributed by atoms with Crippen LogP contribution in [-0.2, 0) is 18.9 Å². The fourth-order valence-corrected chi connectivity index (χ4v) is 8.30. The SMILES string of the molecule is C=C[C@@H]1C[C@]1(NC(=O)[C@@H]1CCCN1C(=O)[C@@H](NC(=O)OC1CCCC1)C(C)(C)C)P(=O)(O)CC(C)(C)O. The third kappa shape index (κ3) is 6.76. The zero-order chi connectivity index (χ0) is 27.8. The second-order valence-corrected chi connectivity index (χ2v) is 15.1. The van der Waals surface area contributed by atoms with Crippen LogP contribution in [0.1, 0.15) is 79.6 Å². The van der Waals surface area contributed by atoms with Crippen LogP contribution in [-0.4, -0.2) is 74.6 Å². The predicted octanol–water partition coefficient (Wildman–Crippen LogP) is 3.12. The Kier molecular flexibility index (Phi) is 8.57. The number of hydrogen-bond donors (Lipinski definition) is 4. The van der Waals surface area contributed by atoms with Crippen LogP contribution in [0.2, 0.25) is 0 Å². The van der Waals surface area contributed by atoms with E-state index in [2.05, 4.69) is 17.2 Å². The van der Waals surface area contributed by atoms with Crippen LogP contribution >= 0.6 is 7.37 Å². The Bertz CT molecular complexity index is 951. The molecule has 0 aromatic rings. The van der Waals surface area contributed by atoms with Gasteiger partial charge in [-0.15, -0.1) is 6.58 Å². The standard InChI is InChI=1S/C26H44N3O7P/c1-7-17-15-26(17,37(34,35)16-25(5,6)33)28-21(30)19-13-10-14-29(19)22(31)20(24(2,3)4)27-23(32)36-18-11-8-9-12-18/h7,17-20,33H,1,8-16H2,2-6H3,(H,27,32)(H,28,30)(H,34,35)/t17-,19+,20-,26+/m1/s1. The molecule has 210 valence electrons. The van der Waals surface area contributed by atoms with Gasteiger partial charge in [0.25, 0.3) is 0 Å². The molecule has 1 heterocycles. The number of nitrogens with one attached hydrogen (secondary N) is 2. The van der Waals surface area contributed by atoms with Gasteiger partial charge in [0.2, 0.25) is 19.2 Å². The largest absolute Gasteiger partial charge is 0.446 e. The number of alkyl carbamates (subject to hydrolysis) is 1. The van der Waals surface area contributed by atoms with Gasteiger partial charge in [-0.3, -0.25) is 14.2 Å². The quantitative estimate of drug-likeness (QED) is 0.259. The van der Waals surface area contributed by atoms with Crippen molar-refractivity contribution >= 4 is 25.3 Å². The highest BCUT2D eigenvalue weighted by molar-refractivity contribution is 7.60. The Hall–Kier alpha value is -1.90. The van der Waals surface area contributed by atoms with Crippen molar-refractivity contribution in [2.24, 2.45) is 11.3 Å². The number of carbonyl (C=O) groups excluding carboxylic acids is 3. The van der Waals surface area contributed by atoms with Crippen molar-refractivity contribution in [2.75, 3.05) is 12.7 Å². The van der Waals surface area contributed by atoms with E-state index in [9.17, 15) is 28.9 Å². The van der Waals surface area contributed by atoms with E-state index in [0.29, 0.717) is 19.4 Å². The lowest BCUT2D eigenvalue weighted by molar-refractivity contribution is -0.142. The van der Waals surface area contributed by atoms with Crippen LogP contribution in [0, 0.1) is 11.3 Å². The van der Waals surface area contributed by atoms with Gasteiger partial charge in [-0.2, -0.15) is 0 Å². The maximum absolute atomic E-state index is 13.7. The third-order valence-corrected chi connectivity index (χ3v) is 10.7. The molecule has 37 heavy (non-hydrogen) atoms. The summed E-state index contributed by atoms with van der Waals surface area (Å²) in [5, 5.41) is 14.3. The zero-order valence-corrected chi connectivity index (χ0v) is 23.7. The van der Waals surface area contributed by atoms with E-state index in [-0.39, 0.29) is 24.6 Å². The first kappa shape index (κ1) is 29.7. The summed E-state index contributed by atoms with van der Waals surface area (Å²) in [5.74, 6) is -1.31. The maximum atomic E-state index is 13.7. The van der Waals surface area contributed by atoms with E-state index >= 15 is 0 Å². The van der Waals surface area contributed by atoms with Gasteiger partial charge >= 0.3 is 6.09 Å². The highest BCUT2D eigenvalue weighted by Crippen LogP contribution is 2.70. The van der Waals surface area contributed by atoms with Gasteiger partial charge < -0.3 is 30.3 Å². The lowest BCUT2D eigenvalue weighted by Gasteiger charge is -2.36. The van der Waals surface area contributed by atoms with E-state index in [1.54, 1.807) is 6.08 Å². The van der Waals surface area contributed by atoms with Crippen LogP contribution in [0.25, 0.3) is 0 Å². The summed E-state index contributed by atoms with van der Waals surface area (Å²) >= 11 is 0. The Morgan fingerprint density at radius 2 is 1.78 bits per heavy atom. The van der Waals surface area contributed by atoms with Crippen LogP contribution in [0.5, 0.6) is 0 Å². The fraction of sp³-hybridized carbons (Fsp3) is 0.808. The van der Waals surface area contributed by atoms with Gasteiger partial charge in [-0.1, -0.05) is 26.8 Å². The molecule has 0 spiro atoms. The molecule has 1 saturated heterocycles. The van der Waals surface area contributed by atoms with Crippen molar-refractivity contribution < 1.29 is 33.7 Å². The summed E-state index contributed by atoms with van der Waals surface area (Å²) < 4.78 is 18.9. The monoisotopic (exact) mass is 541 g/mol. The Balaban J connectivity index is 1.75. The highest BCUT2D eigenvalue weighted by Gasteiger charge is 2.66. The van der Waals surface area contributed by atoms with Crippen molar-refractivity contribution in [3.63, 3.8) is 0 Å². The summed E-state index contributed by atoms with van der Waals surface area (Å²) in [6.07, 6.45) is 5.25. The predicted molar refractivity (Wildman–Crippen MR) is 140 cm³/mol. The average Bonchev–Trinajstić information content (AvgIpc) is 3.10. The number of likely N-dealkylation sites (tertiary alicyclic amines) is 1. The van der Waals surface area contributed by atoms with Crippen LogP contribution in [0.4, 0.5) is 4.79 Å². The van der Waals surface area contributed by atoms with Crippen LogP contribution in [0.15, 0.2) is 12.7 Å². The number of carbonyl (C=O) groups is 3. The number of ether oxygens (including phenoxy) is 1. The molecule has 0 aromatic carbocycles. The molecule has 3 aliphatic rings. The molecule has 0 bridgehead atoms. The van der Waals surface area contributed by atoms with Gasteiger partial charge in [0, 0.05) is 12.5 Å². The first-order chi connectivity index (χ1) is 17.0. The lowest BCUT2D eigenvalue weighted by Crippen LogP contribution is -2.58. The molecule has 10 nitrogen and oxygen atoms in total. The fourth-order valence-electron chi connectivity index (χ4n) is 5.58. The van der Waals surface area contributed by atoms with Crippen molar-refractivity contribution in [2.45, 2.75) is 109 Å².